The first-order valence-electron chi connectivity index (χ1n) is 19.6. The van der Waals surface area contributed by atoms with Gasteiger partial charge in [0.25, 0.3) is 0 Å². The number of hydrogen-bond donors (Lipinski definition) is 0. The summed E-state index contributed by atoms with van der Waals surface area (Å²) in [6, 6.07) is 85.3. The van der Waals surface area contributed by atoms with Crippen molar-refractivity contribution in [3.63, 3.8) is 0 Å². The van der Waals surface area contributed by atoms with E-state index in [1.807, 2.05) is 0 Å². The molecular formula is C56H39N. The highest BCUT2D eigenvalue weighted by Gasteiger charge is 2.13. The lowest BCUT2D eigenvalue weighted by molar-refractivity contribution is 1.28. The van der Waals surface area contributed by atoms with Crippen LogP contribution in [-0.2, 0) is 0 Å². The van der Waals surface area contributed by atoms with Crippen LogP contribution >= 0.6 is 0 Å². The molecular weight excluding hydrogens is 687 g/mol. The average molecular weight is 726 g/mol. The van der Waals surface area contributed by atoms with E-state index >= 15 is 0 Å². The zero-order valence-electron chi connectivity index (χ0n) is 31.5. The molecule has 0 unspecified atom stereocenters. The lowest BCUT2D eigenvalue weighted by Gasteiger charge is -2.25. The van der Waals surface area contributed by atoms with Gasteiger partial charge in [-0.2, -0.15) is 0 Å². The highest BCUT2D eigenvalue weighted by atomic mass is 15.1. The molecule has 0 aliphatic heterocycles. The van der Waals surface area contributed by atoms with Crippen LogP contribution in [0.15, 0.2) is 237 Å². The number of hydrogen-bond acceptors (Lipinski definition) is 1. The van der Waals surface area contributed by atoms with Crippen molar-refractivity contribution in [2.24, 2.45) is 0 Å². The summed E-state index contributed by atoms with van der Waals surface area (Å²) in [5.41, 5.74) is 15.6. The predicted molar refractivity (Wildman–Crippen MR) is 243 cm³/mol. The van der Waals surface area contributed by atoms with Gasteiger partial charge >= 0.3 is 0 Å². The Morgan fingerprint density at radius 1 is 0.211 bits per heavy atom. The molecule has 10 rings (SSSR count). The SMILES string of the molecule is c1ccc(N(c2ccccc2)c2ccc(-c3ccc(-c4ccc(-c5ccc(-c6ccc(-c7cc8ccccc8c8ccccc78)cc6)cc5)cc4)cc3)cc2)cc1. The van der Waals surface area contributed by atoms with E-state index in [1.54, 1.807) is 0 Å². The van der Waals surface area contributed by atoms with Crippen molar-refractivity contribution < 1.29 is 0 Å². The minimum absolute atomic E-state index is 1.13. The fraction of sp³-hybridized carbons (Fsp3) is 0. The zero-order valence-corrected chi connectivity index (χ0v) is 31.5. The van der Waals surface area contributed by atoms with Crippen molar-refractivity contribution in [2.75, 3.05) is 4.90 Å². The van der Waals surface area contributed by atoms with E-state index in [4.69, 9.17) is 0 Å². The van der Waals surface area contributed by atoms with E-state index in [2.05, 4.69) is 241 Å². The molecule has 268 valence electrons. The van der Waals surface area contributed by atoms with E-state index in [0.29, 0.717) is 0 Å². The van der Waals surface area contributed by atoms with Crippen molar-refractivity contribution in [1.29, 1.82) is 0 Å². The van der Waals surface area contributed by atoms with Crippen LogP contribution < -0.4 is 4.90 Å². The quantitative estimate of drug-likeness (QED) is 0.141. The average Bonchev–Trinajstić information content (AvgIpc) is 3.30. The molecule has 0 saturated heterocycles. The van der Waals surface area contributed by atoms with E-state index in [-0.39, 0.29) is 0 Å². The van der Waals surface area contributed by atoms with Crippen LogP contribution in [0.5, 0.6) is 0 Å². The lowest BCUT2D eigenvalue weighted by atomic mass is 9.92. The molecule has 10 aromatic rings. The second kappa shape index (κ2) is 15.0. The summed E-state index contributed by atoms with van der Waals surface area (Å²) < 4.78 is 0. The third-order valence-electron chi connectivity index (χ3n) is 11.1. The van der Waals surface area contributed by atoms with Crippen molar-refractivity contribution >= 4 is 38.6 Å². The molecule has 10 aromatic carbocycles. The summed E-state index contributed by atoms with van der Waals surface area (Å²) >= 11 is 0. The van der Waals surface area contributed by atoms with Gasteiger partial charge in [0.1, 0.15) is 0 Å². The maximum absolute atomic E-state index is 2.33. The molecule has 0 atom stereocenters. The Bertz CT molecular complexity index is 2890. The van der Waals surface area contributed by atoms with Crippen LogP contribution in [0.2, 0.25) is 0 Å². The van der Waals surface area contributed by atoms with Gasteiger partial charge in [-0.15, -0.1) is 0 Å². The van der Waals surface area contributed by atoms with Gasteiger partial charge in [-0.3, -0.25) is 0 Å². The van der Waals surface area contributed by atoms with Crippen LogP contribution in [-0.4, -0.2) is 0 Å². The van der Waals surface area contributed by atoms with Crippen LogP contribution in [0.25, 0.3) is 77.2 Å². The molecule has 0 spiro atoms. The molecule has 0 saturated carbocycles. The molecule has 0 bridgehead atoms. The standard InChI is InChI=1S/C56H39N/c1-3-12-50(13-4-1)57(51-14-5-2-6-15-51)52-37-35-47(36-38-52)45-29-27-43(28-30-45)41-21-19-40(20-22-41)42-23-25-44(26-24-42)46-31-33-48(34-32-46)56-39-49-11-7-8-16-53(49)54-17-9-10-18-55(54)56/h1-39H. The number of benzene rings is 10. The first-order valence-corrected chi connectivity index (χ1v) is 19.6. The van der Waals surface area contributed by atoms with Gasteiger partial charge in [-0.25, -0.2) is 0 Å². The van der Waals surface area contributed by atoms with E-state index in [9.17, 15) is 0 Å². The first-order chi connectivity index (χ1) is 28.2. The highest BCUT2D eigenvalue weighted by Crippen LogP contribution is 2.38. The molecule has 1 heteroatoms. The van der Waals surface area contributed by atoms with Crippen LogP contribution in [0.3, 0.4) is 0 Å². The zero-order chi connectivity index (χ0) is 38.0. The molecule has 57 heavy (non-hydrogen) atoms. The second-order valence-electron chi connectivity index (χ2n) is 14.6. The molecule has 0 amide bonds. The number of fused-ring (bicyclic) bond motifs is 3. The number of rotatable bonds is 8. The minimum Gasteiger partial charge on any atom is -0.311 e. The highest BCUT2D eigenvalue weighted by molar-refractivity contribution is 6.13. The molecule has 0 aliphatic rings. The summed E-state index contributed by atoms with van der Waals surface area (Å²) in [6.07, 6.45) is 0. The Morgan fingerprint density at radius 3 is 0.930 bits per heavy atom. The minimum atomic E-state index is 1.13. The third kappa shape index (κ3) is 6.77. The van der Waals surface area contributed by atoms with E-state index < -0.39 is 0 Å². The Kier molecular flexibility index (Phi) is 8.95. The number of anilines is 3. The molecule has 0 radical (unpaired) electrons. The fourth-order valence-corrected chi connectivity index (χ4v) is 8.11. The Hall–Kier alpha value is -7.48. The van der Waals surface area contributed by atoms with Crippen LogP contribution in [0.4, 0.5) is 17.1 Å². The maximum atomic E-state index is 2.33. The molecule has 0 aromatic heterocycles. The van der Waals surface area contributed by atoms with Crippen molar-refractivity contribution in [3.8, 4) is 55.6 Å². The Balaban J connectivity index is 0.831. The summed E-state index contributed by atoms with van der Waals surface area (Å²) in [7, 11) is 0. The summed E-state index contributed by atoms with van der Waals surface area (Å²) in [5.74, 6) is 0. The van der Waals surface area contributed by atoms with Crippen molar-refractivity contribution in [3.05, 3.63) is 237 Å². The lowest BCUT2D eigenvalue weighted by Crippen LogP contribution is -2.09. The Labute approximate surface area is 334 Å². The monoisotopic (exact) mass is 725 g/mol. The molecule has 0 fully saturated rings. The van der Waals surface area contributed by atoms with Crippen molar-refractivity contribution in [2.45, 2.75) is 0 Å². The van der Waals surface area contributed by atoms with Gasteiger partial charge < -0.3 is 4.90 Å². The molecule has 0 heterocycles. The predicted octanol–water partition coefficient (Wildman–Crippen LogP) is 15.8. The second-order valence-corrected chi connectivity index (χ2v) is 14.6. The number of para-hydroxylation sites is 2. The van der Waals surface area contributed by atoms with Gasteiger partial charge in [0, 0.05) is 17.1 Å². The summed E-state index contributed by atoms with van der Waals surface area (Å²) in [6.45, 7) is 0. The van der Waals surface area contributed by atoms with Gasteiger partial charge in [0.2, 0.25) is 0 Å². The largest absolute Gasteiger partial charge is 0.311 e. The fourth-order valence-electron chi connectivity index (χ4n) is 8.11. The van der Waals surface area contributed by atoms with Crippen molar-refractivity contribution in [1.82, 2.24) is 0 Å². The first kappa shape index (κ1) is 34.0. The smallest absolute Gasteiger partial charge is 0.0462 e. The van der Waals surface area contributed by atoms with Crippen LogP contribution in [0, 0.1) is 0 Å². The topological polar surface area (TPSA) is 3.24 Å². The van der Waals surface area contributed by atoms with E-state index in [1.165, 1.54) is 77.2 Å². The maximum Gasteiger partial charge on any atom is 0.0462 e. The van der Waals surface area contributed by atoms with Gasteiger partial charge in [0.15, 0.2) is 0 Å². The van der Waals surface area contributed by atoms with E-state index in [0.717, 1.165) is 17.1 Å². The molecule has 0 aliphatic carbocycles. The van der Waals surface area contributed by atoms with Gasteiger partial charge in [-0.1, -0.05) is 194 Å². The van der Waals surface area contributed by atoms with Crippen LogP contribution in [0.1, 0.15) is 0 Å². The summed E-state index contributed by atoms with van der Waals surface area (Å²) in [4.78, 5) is 2.29. The normalized spacial score (nSPS) is 11.2. The number of nitrogens with zero attached hydrogens (tertiary/aromatic N) is 1. The Morgan fingerprint density at radius 2 is 0.509 bits per heavy atom. The van der Waals surface area contributed by atoms with Gasteiger partial charge in [-0.05, 0) is 120 Å². The molecule has 0 N–H and O–H groups in total. The molecule has 1 nitrogen and oxygen atoms in total. The summed E-state index contributed by atoms with van der Waals surface area (Å²) in [5, 5.41) is 5.15. The van der Waals surface area contributed by atoms with Gasteiger partial charge in [0.05, 0.1) is 0 Å². The third-order valence-corrected chi connectivity index (χ3v) is 11.1.